The number of nitrogens with zero attached hydrogens (tertiary/aromatic N) is 1. The number of rotatable bonds is 5. The fourth-order valence-corrected chi connectivity index (χ4v) is 4.18. The fraction of sp³-hybridized carbons (Fsp3) is 0.650. The molecule has 0 spiro atoms. The lowest BCUT2D eigenvalue weighted by atomic mass is 9.94. The second-order valence-corrected chi connectivity index (χ2v) is 7.24. The molecule has 138 valence electrons. The fourth-order valence-electron chi connectivity index (χ4n) is 4.18. The van der Waals surface area contributed by atoms with E-state index in [2.05, 4.69) is 11.0 Å². The van der Waals surface area contributed by atoms with Crippen LogP contribution in [0, 0.1) is 5.92 Å². The highest BCUT2D eigenvalue weighted by Gasteiger charge is 2.31. The van der Waals surface area contributed by atoms with Gasteiger partial charge in [-0.25, -0.2) is 0 Å². The Balaban J connectivity index is 1.55. The van der Waals surface area contributed by atoms with Gasteiger partial charge in [0.25, 0.3) is 0 Å². The number of hydrogen-bond acceptors (Lipinski definition) is 3. The summed E-state index contributed by atoms with van der Waals surface area (Å²) in [5, 5.41) is 0. The van der Waals surface area contributed by atoms with E-state index < -0.39 is 0 Å². The van der Waals surface area contributed by atoms with E-state index in [1.54, 1.807) is 14.2 Å². The number of piperidine rings is 2. The number of amides is 1. The van der Waals surface area contributed by atoms with Crippen LogP contribution in [0.5, 0.6) is 11.5 Å². The number of ether oxygens (including phenoxy) is 2. The van der Waals surface area contributed by atoms with Crippen LogP contribution in [0.15, 0.2) is 18.2 Å². The number of para-hydroxylation sites is 1. The zero-order valence-corrected chi connectivity index (χ0v) is 15.6. The zero-order chi connectivity index (χ0) is 17.6. The number of hydrogen-bond donors (Lipinski definition) is 1. The lowest BCUT2D eigenvalue weighted by molar-refractivity contribution is -0.919. The van der Waals surface area contributed by atoms with Crippen LogP contribution in [0.4, 0.5) is 0 Å². The van der Waals surface area contributed by atoms with Crippen molar-refractivity contribution in [1.29, 1.82) is 0 Å². The topological polar surface area (TPSA) is 43.2 Å². The molecule has 0 bridgehead atoms. The largest absolute Gasteiger partial charge is 0.493 e. The molecule has 0 aliphatic carbocycles. The van der Waals surface area contributed by atoms with Crippen molar-refractivity contribution in [3.05, 3.63) is 23.8 Å². The number of methoxy groups -OCH3 is 2. The predicted octanol–water partition coefficient (Wildman–Crippen LogP) is 1.51. The Morgan fingerprint density at radius 3 is 2.48 bits per heavy atom. The van der Waals surface area contributed by atoms with Gasteiger partial charge >= 0.3 is 0 Å². The van der Waals surface area contributed by atoms with E-state index in [4.69, 9.17) is 9.47 Å². The van der Waals surface area contributed by atoms with Gasteiger partial charge in [0, 0.05) is 31.8 Å². The third-order valence-corrected chi connectivity index (χ3v) is 5.63. The Morgan fingerprint density at radius 2 is 1.84 bits per heavy atom. The van der Waals surface area contributed by atoms with Crippen molar-refractivity contribution >= 4 is 5.91 Å². The third-order valence-electron chi connectivity index (χ3n) is 5.63. The first kappa shape index (κ1) is 18.1. The molecule has 1 aromatic carbocycles. The molecule has 5 nitrogen and oxygen atoms in total. The molecule has 2 heterocycles. The number of carbonyl (C=O) groups excluding carboxylic acids is 1. The van der Waals surface area contributed by atoms with Gasteiger partial charge in [0.05, 0.1) is 32.9 Å². The van der Waals surface area contributed by atoms with E-state index in [9.17, 15) is 4.79 Å². The highest BCUT2D eigenvalue weighted by molar-refractivity contribution is 5.79. The maximum Gasteiger partial charge on any atom is 0.226 e. The molecule has 1 amide bonds. The highest BCUT2D eigenvalue weighted by Crippen LogP contribution is 2.30. The van der Waals surface area contributed by atoms with E-state index >= 15 is 0 Å². The van der Waals surface area contributed by atoms with E-state index in [-0.39, 0.29) is 5.92 Å². The standard InChI is InChI=1S/C20H30N2O3/c1-24-18-8-6-7-17(19(18)25-2)15-21-13-9-16(10-14-21)20(23)22-11-4-3-5-12-22/h6-8,16H,3-5,9-15H2,1-2H3/p+1. The molecule has 2 aliphatic heterocycles. The smallest absolute Gasteiger partial charge is 0.226 e. The summed E-state index contributed by atoms with van der Waals surface area (Å²) in [5.41, 5.74) is 1.18. The summed E-state index contributed by atoms with van der Waals surface area (Å²) in [7, 11) is 3.37. The van der Waals surface area contributed by atoms with Crippen LogP contribution in [0.25, 0.3) is 0 Å². The minimum atomic E-state index is 0.231. The molecule has 0 atom stereocenters. The van der Waals surface area contributed by atoms with Crippen molar-refractivity contribution in [2.45, 2.75) is 38.6 Å². The van der Waals surface area contributed by atoms with Gasteiger partial charge in [-0.3, -0.25) is 4.79 Å². The Kier molecular flexibility index (Phi) is 6.19. The summed E-state index contributed by atoms with van der Waals surface area (Å²) in [5.74, 6) is 2.25. The number of carbonyl (C=O) groups is 1. The molecule has 2 saturated heterocycles. The van der Waals surface area contributed by atoms with Crippen LogP contribution in [-0.2, 0) is 11.3 Å². The first-order valence-corrected chi connectivity index (χ1v) is 9.55. The van der Waals surface area contributed by atoms with Crippen molar-refractivity contribution in [2.75, 3.05) is 40.4 Å². The highest BCUT2D eigenvalue weighted by atomic mass is 16.5. The van der Waals surface area contributed by atoms with Gasteiger partial charge in [0.15, 0.2) is 11.5 Å². The summed E-state index contributed by atoms with van der Waals surface area (Å²) >= 11 is 0. The maximum atomic E-state index is 12.7. The number of quaternary nitrogens is 1. The Bertz CT molecular complexity index is 576. The molecule has 2 aliphatic rings. The average molecular weight is 347 g/mol. The van der Waals surface area contributed by atoms with Gasteiger partial charge in [-0.1, -0.05) is 6.07 Å². The molecule has 0 saturated carbocycles. The lowest BCUT2D eigenvalue weighted by Gasteiger charge is -2.34. The molecule has 2 fully saturated rings. The van der Waals surface area contributed by atoms with Crippen LogP contribution in [0.3, 0.4) is 0 Å². The van der Waals surface area contributed by atoms with Crippen molar-refractivity contribution in [2.24, 2.45) is 5.92 Å². The molecule has 5 heteroatoms. The molecular weight excluding hydrogens is 316 g/mol. The summed E-state index contributed by atoms with van der Waals surface area (Å²) < 4.78 is 10.9. The second kappa shape index (κ2) is 8.56. The molecule has 25 heavy (non-hydrogen) atoms. The third kappa shape index (κ3) is 4.27. The minimum absolute atomic E-state index is 0.231. The van der Waals surface area contributed by atoms with Crippen LogP contribution in [0.2, 0.25) is 0 Å². The van der Waals surface area contributed by atoms with Crippen molar-refractivity contribution < 1.29 is 19.2 Å². The molecular formula is C20H31N2O3+. The Hall–Kier alpha value is -1.75. The summed E-state index contributed by atoms with van der Waals surface area (Å²) in [6.45, 7) is 4.94. The van der Waals surface area contributed by atoms with E-state index in [1.165, 1.54) is 29.7 Å². The SMILES string of the molecule is COc1cccc(C[NH+]2CCC(C(=O)N3CCCCC3)CC2)c1OC. The molecule has 0 unspecified atom stereocenters. The second-order valence-electron chi connectivity index (χ2n) is 7.24. The molecule has 0 aromatic heterocycles. The molecule has 3 rings (SSSR count). The Morgan fingerprint density at radius 1 is 1.12 bits per heavy atom. The normalized spacial score (nSPS) is 24.0. The maximum absolute atomic E-state index is 12.7. The first-order chi connectivity index (χ1) is 12.2. The van der Waals surface area contributed by atoms with Gasteiger partial charge in [-0.2, -0.15) is 0 Å². The van der Waals surface area contributed by atoms with Crippen molar-refractivity contribution in [3.63, 3.8) is 0 Å². The van der Waals surface area contributed by atoms with E-state index in [0.29, 0.717) is 5.91 Å². The van der Waals surface area contributed by atoms with Gasteiger partial charge in [0.2, 0.25) is 5.91 Å². The van der Waals surface area contributed by atoms with Crippen LogP contribution >= 0.6 is 0 Å². The summed E-state index contributed by atoms with van der Waals surface area (Å²) in [6, 6.07) is 6.06. The number of nitrogens with one attached hydrogen (secondary N) is 1. The first-order valence-electron chi connectivity index (χ1n) is 9.55. The van der Waals surface area contributed by atoms with Gasteiger partial charge < -0.3 is 19.3 Å². The van der Waals surface area contributed by atoms with E-state index in [0.717, 1.165) is 57.1 Å². The van der Waals surface area contributed by atoms with Crippen LogP contribution in [0.1, 0.15) is 37.7 Å². The summed E-state index contributed by atoms with van der Waals surface area (Å²) in [4.78, 5) is 16.3. The number of benzene rings is 1. The number of likely N-dealkylation sites (tertiary alicyclic amines) is 2. The molecule has 0 radical (unpaired) electrons. The molecule has 1 N–H and O–H groups in total. The van der Waals surface area contributed by atoms with Crippen LogP contribution < -0.4 is 14.4 Å². The average Bonchev–Trinajstić information content (AvgIpc) is 2.68. The van der Waals surface area contributed by atoms with Crippen LogP contribution in [-0.4, -0.2) is 51.2 Å². The quantitative estimate of drug-likeness (QED) is 0.878. The Labute approximate surface area is 150 Å². The van der Waals surface area contributed by atoms with Gasteiger partial charge in [0.1, 0.15) is 6.54 Å². The monoisotopic (exact) mass is 347 g/mol. The minimum Gasteiger partial charge on any atom is -0.493 e. The van der Waals surface area contributed by atoms with Gasteiger partial charge in [-0.15, -0.1) is 0 Å². The van der Waals surface area contributed by atoms with Gasteiger partial charge in [-0.05, 0) is 31.4 Å². The lowest BCUT2D eigenvalue weighted by Crippen LogP contribution is -3.11. The summed E-state index contributed by atoms with van der Waals surface area (Å²) in [6.07, 6.45) is 5.61. The van der Waals surface area contributed by atoms with Crippen molar-refractivity contribution in [1.82, 2.24) is 4.90 Å². The van der Waals surface area contributed by atoms with E-state index in [1.807, 2.05) is 12.1 Å². The van der Waals surface area contributed by atoms with Crippen molar-refractivity contribution in [3.8, 4) is 11.5 Å². The predicted molar refractivity (Wildman–Crippen MR) is 97.1 cm³/mol. The molecule has 1 aromatic rings. The zero-order valence-electron chi connectivity index (χ0n) is 15.6.